The second kappa shape index (κ2) is 32.7. The van der Waals surface area contributed by atoms with Gasteiger partial charge in [-0.3, -0.25) is 0 Å². The molecule has 2 aliphatic heterocycles. The Hall–Kier alpha value is -17.1. The van der Waals surface area contributed by atoms with Crippen LogP contribution in [0.1, 0.15) is 22.3 Å². The molecule has 0 unspecified atom stereocenters. The Kier molecular flexibility index (Phi) is 19.5. The average molecular weight is 1780 g/mol. The van der Waals surface area contributed by atoms with Gasteiger partial charge in [0.15, 0.2) is 11.2 Å². The number of anilines is 12. The minimum atomic E-state index is -1.49. The molecular formula is C127H91FN4O4Si. The largest absolute Gasteiger partial charge is 0.456 e. The smallest absolute Gasteiger partial charge is 0.159 e. The summed E-state index contributed by atoms with van der Waals surface area (Å²) in [7, 11) is -1.49. The molecule has 2 aromatic heterocycles. The Labute approximate surface area is 794 Å². The van der Waals surface area contributed by atoms with Crippen molar-refractivity contribution >= 4 is 190 Å². The molecule has 26 rings (SSSR count). The molecule has 24 aromatic rings. The van der Waals surface area contributed by atoms with Crippen molar-refractivity contribution in [3.8, 4) is 67.5 Å². The third kappa shape index (κ3) is 13.9. The van der Waals surface area contributed by atoms with Gasteiger partial charge in [-0.25, -0.2) is 4.39 Å². The number of furan rings is 2. The van der Waals surface area contributed by atoms with Gasteiger partial charge in [-0.1, -0.05) is 303 Å². The predicted molar refractivity (Wildman–Crippen MR) is 575 cm³/mol. The molecule has 10 heteroatoms. The number of hydrogen-bond acceptors (Lipinski definition) is 8. The van der Waals surface area contributed by atoms with Crippen molar-refractivity contribution in [3.63, 3.8) is 0 Å². The highest BCUT2D eigenvalue weighted by atomic mass is 28.3. The van der Waals surface area contributed by atoms with Crippen molar-refractivity contribution in [1.29, 1.82) is 0 Å². The van der Waals surface area contributed by atoms with Gasteiger partial charge in [-0.15, -0.1) is 0 Å². The van der Waals surface area contributed by atoms with Crippen LogP contribution in [-0.2, 0) is 0 Å². The van der Waals surface area contributed by atoms with Crippen molar-refractivity contribution in [2.75, 3.05) is 19.6 Å². The van der Waals surface area contributed by atoms with Crippen molar-refractivity contribution in [2.24, 2.45) is 0 Å². The topological polar surface area (TPSA) is 57.7 Å². The van der Waals surface area contributed by atoms with Crippen LogP contribution in [0.15, 0.2) is 433 Å². The van der Waals surface area contributed by atoms with Crippen LogP contribution in [0.25, 0.3) is 153 Å². The SMILES string of the molecule is Cc1ccc2c(N(c3ccccc3-c3ccccc3)c3cccc4c3oc3ccccc34)cc3c4cc(C)cc5c4c(cc3c2c1)-c1ccc(N(c2ccccc2)c2ccc([Si](C)(C)C)cc2)cc1O5.Cc1ccc2c(N(c3ccccc3-c3ccccc3)c3cccc4c3oc3ccccc34)cc3c4cc(C)cc5c4c(cc3c2c1)-c1ccc(N(c2ccccc2)c2ccccc2F)cc1O5. The first-order valence-electron chi connectivity index (χ1n) is 46.9. The molecular weight excluding hydrogens is 1690 g/mol. The number of rotatable bonds is 15. The fourth-order valence-corrected chi connectivity index (χ4v) is 22.5. The van der Waals surface area contributed by atoms with Crippen molar-refractivity contribution < 1.29 is 22.7 Å². The highest BCUT2D eigenvalue weighted by molar-refractivity contribution is 6.88. The minimum absolute atomic E-state index is 0.305. The maximum absolute atomic E-state index is 15.6. The maximum atomic E-state index is 15.6. The summed E-state index contributed by atoms with van der Waals surface area (Å²) in [5.74, 6) is 2.91. The van der Waals surface area contributed by atoms with E-state index in [9.17, 15) is 0 Å². The first-order chi connectivity index (χ1) is 67.1. The van der Waals surface area contributed by atoms with Crippen molar-refractivity contribution in [2.45, 2.75) is 47.3 Å². The highest BCUT2D eigenvalue weighted by Gasteiger charge is 2.34. The summed E-state index contributed by atoms with van der Waals surface area (Å²) >= 11 is 0. The van der Waals surface area contributed by atoms with Crippen LogP contribution >= 0.6 is 0 Å². The molecule has 0 amide bonds. The van der Waals surface area contributed by atoms with Crippen LogP contribution in [0.3, 0.4) is 0 Å². The second-order valence-electron chi connectivity index (χ2n) is 37.4. The van der Waals surface area contributed by atoms with Gasteiger partial charge in [0, 0.05) is 106 Å². The quantitative estimate of drug-likeness (QED) is 0.0743. The number of halogens is 1. The maximum Gasteiger partial charge on any atom is 0.159 e. The van der Waals surface area contributed by atoms with Crippen LogP contribution in [0.5, 0.6) is 23.0 Å². The van der Waals surface area contributed by atoms with Gasteiger partial charge in [0.1, 0.15) is 40.0 Å². The molecule has 0 spiro atoms. The van der Waals surface area contributed by atoms with Crippen LogP contribution in [0, 0.1) is 33.5 Å². The summed E-state index contributed by atoms with van der Waals surface area (Å²) in [5.41, 5.74) is 28.3. The van der Waals surface area contributed by atoms with E-state index in [0.29, 0.717) is 11.4 Å². The molecule has 0 atom stereocenters. The van der Waals surface area contributed by atoms with E-state index < -0.39 is 8.07 Å². The number of benzene rings is 22. The van der Waals surface area contributed by atoms with Gasteiger partial charge >= 0.3 is 0 Å². The Balaban J connectivity index is 0.000000146. The van der Waals surface area contributed by atoms with Crippen molar-refractivity contribution in [3.05, 3.63) is 453 Å². The lowest BCUT2D eigenvalue weighted by molar-refractivity contribution is 0.486. The van der Waals surface area contributed by atoms with E-state index in [2.05, 4.69) is 408 Å². The molecule has 137 heavy (non-hydrogen) atoms. The predicted octanol–water partition coefficient (Wildman–Crippen LogP) is 36.8. The molecule has 4 heterocycles. The summed E-state index contributed by atoms with van der Waals surface area (Å²) in [6.07, 6.45) is 0. The van der Waals surface area contributed by atoms with Crippen LogP contribution in [0.2, 0.25) is 19.6 Å². The molecule has 0 radical (unpaired) electrons. The van der Waals surface area contributed by atoms with Gasteiger partial charge < -0.3 is 37.9 Å². The van der Waals surface area contributed by atoms with Gasteiger partial charge in [0.05, 0.1) is 47.9 Å². The van der Waals surface area contributed by atoms with E-state index in [0.717, 1.165) is 228 Å². The van der Waals surface area contributed by atoms with Crippen LogP contribution < -0.4 is 34.3 Å². The molecule has 8 nitrogen and oxygen atoms in total. The highest BCUT2D eigenvalue weighted by Crippen LogP contribution is 2.59. The first-order valence-corrected chi connectivity index (χ1v) is 50.4. The second-order valence-corrected chi connectivity index (χ2v) is 42.5. The molecule has 2 aliphatic rings. The fourth-order valence-electron chi connectivity index (χ4n) is 21.3. The van der Waals surface area contributed by atoms with Crippen LogP contribution in [-0.4, -0.2) is 8.07 Å². The van der Waals surface area contributed by atoms with E-state index in [1.807, 2.05) is 71.6 Å². The standard InChI is InChI=1S/C65H50N2O2Si.C62H41FN2O2/c1-41-27-33-49-53(35-41)54-39-57-51-34-30-46(66(44-19-10-7-11-20-44)45-28-31-47(32-29-45)70(3,4)5)38-62(51)68-63-37-42(2)36-56(64(57)63)55(54)40-60(49)67(58-24-14-12-21-48(58)43-17-8-6-9-18-43)59-25-16-23-52-50-22-13-15-26-61(50)69-65(52)59;1-38-28-30-44-48(32-38)49-36-52-46-31-29-42(64(41-18-7-4-8-19-41)55-25-13-11-23-53(55)63)35-59(46)66-60-34-39(2)33-51(61(52)60)50(49)37-57(44)65(54-24-12-9-20-43(54)40-16-5-3-6-17-40)56-26-15-22-47-45-21-10-14-27-58(45)67-62(47)56/h6-40H,1-5H3;3-37H,1-2H3. The number of ether oxygens (including phenoxy) is 2. The van der Waals surface area contributed by atoms with Crippen LogP contribution in [0.4, 0.5) is 72.6 Å². The summed E-state index contributed by atoms with van der Waals surface area (Å²) in [5, 5.41) is 19.4. The lowest BCUT2D eigenvalue weighted by atomic mass is 9.87. The molecule has 654 valence electrons. The van der Waals surface area contributed by atoms with Gasteiger partial charge in [0.2, 0.25) is 0 Å². The Morgan fingerprint density at radius 1 is 0.212 bits per heavy atom. The summed E-state index contributed by atoms with van der Waals surface area (Å²) in [4.78, 5) is 9.14. The lowest BCUT2D eigenvalue weighted by Gasteiger charge is -2.31. The summed E-state index contributed by atoms with van der Waals surface area (Å²) in [6, 6.07) is 150. The number of fused-ring (bicyclic) bond motifs is 18. The Morgan fingerprint density at radius 3 is 1.04 bits per heavy atom. The van der Waals surface area contributed by atoms with Gasteiger partial charge in [-0.2, -0.15) is 0 Å². The molecule has 0 bridgehead atoms. The van der Waals surface area contributed by atoms with E-state index in [1.54, 1.807) is 6.07 Å². The number of hydrogen-bond donors (Lipinski definition) is 0. The first kappa shape index (κ1) is 81.9. The molecule has 0 aliphatic carbocycles. The molecule has 0 N–H and O–H groups in total. The average Bonchev–Trinajstić information content (AvgIpc) is 0.886. The van der Waals surface area contributed by atoms with E-state index >= 15 is 4.39 Å². The third-order valence-electron chi connectivity index (χ3n) is 27.6. The Bertz CT molecular complexity index is 9040. The minimum Gasteiger partial charge on any atom is -0.456 e. The fraction of sp³-hybridized carbons (Fsp3) is 0.0551. The van der Waals surface area contributed by atoms with Crippen molar-refractivity contribution in [1.82, 2.24) is 0 Å². The number of aryl methyl sites for hydroxylation is 4. The summed E-state index contributed by atoms with van der Waals surface area (Å²) < 4.78 is 43.5. The van der Waals surface area contributed by atoms with Gasteiger partial charge in [-0.05, 0) is 250 Å². The zero-order valence-corrected chi connectivity index (χ0v) is 77.7. The Morgan fingerprint density at radius 2 is 0.577 bits per heavy atom. The van der Waals surface area contributed by atoms with E-state index in [1.165, 1.54) is 38.7 Å². The number of para-hydroxylation sites is 9. The molecule has 0 saturated carbocycles. The summed E-state index contributed by atoms with van der Waals surface area (Å²) in [6.45, 7) is 15.9. The zero-order chi connectivity index (χ0) is 92.0. The normalized spacial score (nSPS) is 12.1. The van der Waals surface area contributed by atoms with E-state index in [4.69, 9.17) is 18.3 Å². The molecule has 0 fully saturated rings. The lowest BCUT2D eigenvalue weighted by Crippen LogP contribution is -2.37. The number of nitrogens with zero attached hydrogens (tertiary/aromatic N) is 4. The monoisotopic (exact) mass is 1780 g/mol. The van der Waals surface area contributed by atoms with E-state index in [-0.39, 0.29) is 5.82 Å². The molecule has 22 aromatic carbocycles. The van der Waals surface area contributed by atoms with Gasteiger partial charge in [0.25, 0.3) is 0 Å². The molecule has 0 saturated heterocycles. The zero-order valence-electron chi connectivity index (χ0n) is 76.7. The third-order valence-corrected chi connectivity index (χ3v) is 29.7.